The summed E-state index contributed by atoms with van der Waals surface area (Å²) in [6.45, 7) is 13.1. The molecule has 2 aliphatic heterocycles. The van der Waals surface area contributed by atoms with Crippen molar-refractivity contribution in [1.29, 1.82) is 0 Å². The van der Waals surface area contributed by atoms with Crippen molar-refractivity contribution >= 4 is 58.3 Å². The Kier molecular flexibility index (Phi) is 17.6. The maximum Gasteiger partial charge on any atom is 0.246 e. The molecule has 70 heavy (non-hydrogen) atoms. The lowest BCUT2D eigenvalue weighted by Gasteiger charge is -2.38. The number of anilines is 1. The normalized spacial score (nSPS) is 19.9. The molecule has 19 heteroatoms. The van der Waals surface area contributed by atoms with Crippen LogP contribution in [0.4, 0.5) is 5.82 Å². The summed E-state index contributed by atoms with van der Waals surface area (Å²) in [5.74, 6) is -0.820. The standard InChI is InChI=1S/C51H67ClN10O7S/c1-31-24-40(64)44-43(31)47(57-29-56-44)60-20-22-61(23-21-60)49(68)38(34-13-15-36(52)16-14-34)27-53-19-17-41(65)54-18-7-6-8-42(66)59-46(51(3,4)5)50(69)62-28-37(63)25-39(62)48(67)55-26-33-9-11-35(12-10-33)45-32(2)58-30-70-45/h9-16,29-31,37-40,46,53,63-64H,6-8,17-28H2,1-5H3,(H,54,65)(H,55,67)(H,59,66)/t31-,37-,38-,39+,40-,46-/m1/s1. The molecular formula is C51H67ClN10O7S. The first-order valence-corrected chi connectivity index (χ1v) is 25.6. The summed E-state index contributed by atoms with van der Waals surface area (Å²) in [6, 6.07) is 13.3. The number of carbonyl (C=O) groups excluding carboxylic acids is 5. The van der Waals surface area contributed by atoms with Gasteiger partial charge in [-0.25, -0.2) is 15.0 Å². The molecule has 6 N–H and O–H groups in total. The second kappa shape index (κ2) is 23.6. The second-order valence-corrected chi connectivity index (χ2v) is 21.1. The van der Waals surface area contributed by atoms with E-state index >= 15 is 0 Å². The molecule has 0 unspecified atom stereocenters. The van der Waals surface area contributed by atoms with Crippen LogP contribution in [0.2, 0.25) is 5.02 Å². The summed E-state index contributed by atoms with van der Waals surface area (Å²) in [5.41, 5.74) is 6.52. The third-order valence-electron chi connectivity index (χ3n) is 13.5. The van der Waals surface area contributed by atoms with E-state index in [0.29, 0.717) is 75.8 Å². The highest BCUT2D eigenvalue weighted by Crippen LogP contribution is 2.43. The average molecular weight is 1000 g/mol. The molecule has 0 spiro atoms. The number of nitrogens with one attached hydrogen (secondary N) is 4. The van der Waals surface area contributed by atoms with E-state index in [0.717, 1.165) is 38.6 Å². The Bertz CT molecular complexity index is 2460. The molecule has 17 nitrogen and oxygen atoms in total. The van der Waals surface area contributed by atoms with Gasteiger partial charge in [0.1, 0.15) is 24.2 Å². The van der Waals surface area contributed by atoms with Crippen molar-refractivity contribution in [3.05, 3.63) is 93.5 Å². The lowest BCUT2D eigenvalue weighted by molar-refractivity contribution is -0.144. The minimum absolute atomic E-state index is 0.0168. The maximum atomic E-state index is 14.1. The first kappa shape index (κ1) is 52.3. The lowest BCUT2D eigenvalue weighted by Crippen LogP contribution is -2.57. The molecule has 6 atom stereocenters. The van der Waals surface area contributed by atoms with Crippen LogP contribution >= 0.6 is 22.9 Å². The molecule has 2 aromatic carbocycles. The number of fused-ring (bicyclic) bond motifs is 1. The van der Waals surface area contributed by atoms with Gasteiger partial charge in [-0.2, -0.15) is 0 Å². The van der Waals surface area contributed by atoms with E-state index in [1.165, 1.54) is 11.2 Å². The third kappa shape index (κ3) is 13.1. The van der Waals surface area contributed by atoms with Crippen LogP contribution in [0.15, 0.2) is 60.4 Å². The van der Waals surface area contributed by atoms with Gasteiger partial charge in [0, 0.05) is 88.8 Å². The van der Waals surface area contributed by atoms with E-state index in [-0.39, 0.29) is 61.9 Å². The average Bonchev–Trinajstić information content (AvgIpc) is 4.04. The summed E-state index contributed by atoms with van der Waals surface area (Å²) in [7, 11) is 0. The highest BCUT2D eigenvalue weighted by molar-refractivity contribution is 7.13. The van der Waals surface area contributed by atoms with E-state index in [1.54, 1.807) is 23.5 Å². The first-order chi connectivity index (χ1) is 33.5. The number of hydrogen-bond acceptors (Lipinski definition) is 13. The fourth-order valence-electron chi connectivity index (χ4n) is 9.54. The minimum atomic E-state index is -0.938. The first-order valence-electron chi connectivity index (χ1n) is 24.3. The zero-order chi connectivity index (χ0) is 50.1. The number of hydrogen-bond donors (Lipinski definition) is 6. The molecular weight excluding hydrogens is 932 g/mol. The molecule has 376 valence electrons. The van der Waals surface area contributed by atoms with Gasteiger partial charge in [0.15, 0.2) is 0 Å². The summed E-state index contributed by atoms with van der Waals surface area (Å²) in [4.78, 5) is 87.4. The van der Waals surface area contributed by atoms with Crippen molar-refractivity contribution in [3.8, 4) is 10.4 Å². The van der Waals surface area contributed by atoms with Gasteiger partial charge in [0.2, 0.25) is 29.5 Å². The van der Waals surface area contributed by atoms with Crippen molar-refractivity contribution in [2.45, 2.75) is 116 Å². The summed E-state index contributed by atoms with van der Waals surface area (Å²) >= 11 is 7.77. The van der Waals surface area contributed by atoms with Gasteiger partial charge in [0.05, 0.1) is 39.9 Å². The van der Waals surface area contributed by atoms with Crippen LogP contribution in [0.25, 0.3) is 10.4 Å². The number of halogens is 1. The van der Waals surface area contributed by atoms with Crippen LogP contribution in [0.3, 0.4) is 0 Å². The smallest absolute Gasteiger partial charge is 0.246 e. The number of aromatic nitrogens is 3. The van der Waals surface area contributed by atoms with Gasteiger partial charge in [-0.15, -0.1) is 11.3 Å². The molecule has 7 rings (SSSR count). The highest BCUT2D eigenvalue weighted by Gasteiger charge is 2.44. The van der Waals surface area contributed by atoms with Gasteiger partial charge >= 0.3 is 0 Å². The SMILES string of the molecule is Cc1ncsc1-c1ccc(CNC(=O)[C@@H]2C[C@@H](O)CN2C(=O)[C@@H](NC(=O)CCCCNC(=O)CCNC[C@@H](C(=O)N2CCN(c3ncnc4c3[C@H](C)C[C@H]4O)CC2)c2ccc(Cl)cc2)C(C)(C)C)cc1. The number of thiazole rings is 1. The number of β-amino-alcohol motifs (C(OH)–C–C–N with tert-alkyl or cyclic N) is 1. The number of rotatable bonds is 19. The monoisotopic (exact) mass is 998 g/mol. The Balaban J connectivity index is 0.819. The Morgan fingerprint density at radius 3 is 2.27 bits per heavy atom. The Morgan fingerprint density at radius 1 is 0.857 bits per heavy atom. The molecule has 4 heterocycles. The van der Waals surface area contributed by atoms with Crippen molar-refractivity contribution in [1.82, 2.24) is 46.0 Å². The maximum absolute atomic E-state index is 14.1. The van der Waals surface area contributed by atoms with Crippen LogP contribution < -0.4 is 26.2 Å². The van der Waals surface area contributed by atoms with Gasteiger partial charge < -0.3 is 46.2 Å². The zero-order valence-corrected chi connectivity index (χ0v) is 42.3. The molecule has 3 aliphatic rings. The van der Waals surface area contributed by atoms with Gasteiger partial charge in [-0.3, -0.25) is 24.0 Å². The van der Waals surface area contributed by atoms with Crippen molar-refractivity contribution in [2.75, 3.05) is 57.3 Å². The summed E-state index contributed by atoms with van der Waals surface area (Å²) in [5, 5.41) is 33.7. The van der Waals surface area contributed by atoms with Crippen LogP contribution in [0.1, 0.15) is 112 Å². The number of piperazine rings is 1. The number of carbonyl (C=O) groups is 5. The number of aliphatic hydroxyl groups is 2. The summed E-state index contributed by atoms with van der Waals surface area (Å²) in [6.07, 6.45) is 2.08. The number of likely N-dealkylation sites (tertiary alicyclic amines) is 1. The number of aryl methyl sites for hydroxylation is 1. The third-order valence-corrected chi connectivity index (χ3v) is 14.7. The molecule has 0 saturated carbocycles. The minimum Gasteiger partial charge on any atom is -0.391 e. The van der Waals surface area contributed by atoms with E-state index in [4.69, 9.17) is 11.6 Å². The fraction of sp³-hybridized carbons (Fsp3) is 0.529. The van der Waals surface area contributed by atoms with E-state index < -0.39 is 41.5 Å². The number of aliphatic hydroxyl groups excluding tert-OH is 2. The van der Waals surface area contributed by atoms with Gasteiger partial charge in [-0.1, -0.05) is 75.7 Å². The van der Waals surface area contributed by atoms with E-state index in [9.17, 15) is 34.2 Å². The van der Waals surface area contributed by atoms with Gasteiger partial charge in [-0.05, 0) is 66.3 Å². The number of amides is 5. The topological polar surface area (TPSA) is 222 Å². The predicted octanol–water partition coefficient (Wildman–Crippen LogP) is 4.61. The zero-order valence-electron chi connectivity index (χ0n) is 40.7. The molecule has 0 radical (unpaired) electrons. The Labute approximate surface area is 419 Å². The van der Waals surface area contributed by atoms with Crippen molar-refractivity contribution in [2.24, 2.45) is 5.41 Å². The fourth-order valence-corrected chi connectivity index (χ4v) is 10.5. The van der Waals surface area contributed by atoms with Crippen LogP contribution in [0, 0.1) is 12.3 Å². The van der Waals surface area contributed by atoms with Crippen LogP contribution in [-0.2, 0) is 30.5 Å². The highest BCUT2D eigenvalue weighted by atomic mass is 35.5. The number of nitrogens with zero attached hydrogens (tertiary/aromatic N) is 6. The Hall–Kier alpha value is -5.53. The number of unbranched alkanes of at least 4 members (excludes halogenated alkanes) is 1. The molecule has 4 aromatic rings. The second-order valence-electron chi connectivity index (χ2n) is 19.8. The lowest BCUT2D eigenvalue weighted by atomic mass is 9.85. The van der Waals surface area contributed by atoms with Crippen LogP contribution in [0.5, 0.6) is 0 Å². The quantitative estimate of drug-likeness (QED) is 0.0710. The van der Waals surface area contributed by atoms with Gasteiger partial charge in [0.25, 0.3) is 0 Å². The molecule has 2 fully saturated rings. The predicted molar refractivity (Wildman–Crippen MR) is 269 cm³/mol. The molecule has 2 aromatic heterocycles. The molecule has 1 aliphatic carbocycles. The Morgan fingerprint density at radius 2 is 1.59 bits per heavy atom. The summed E-state index contributed by atoms with van der Waals surface area (Å²) < 4.78 is 0. The van der Waals surface area contributed by atoms with Crippen molar-refractivity contribution in [3.63, 3.8) is 0 Å². The molecule has 5 amide bonds. The molecule has 0 bridgehead atoms. The number of benzene rings is 2. The van der Waals surface area contributed by atoms with E-state index in [1.807, 2.05) is 74.5 Å². The largest absolute Gasteiger partial charge is 0.391 e. The van der Waals surface area contributed by atoms with E-state index in [2.05, 4.69) is 48.0 Å². The van der Waals surface area contributed by atoms with Crippen LogP contribution in [-0.4, -0.2) is 135 Å². The van der Waals surface area contributed by atoms with Crippen molar-refractivity contribution < 1.29 is 34.2 Å². The molecule has 2 saturated heterocycles.